The monoisotopic (exact) mass is 290 g/mol. The molecule has 0 aliphatic heterocycles. The first kappa shape index (κ1) is 12.1. The second kappa shape index (κ2) is 4.60. The van der Waals surface area contributed by atoms with E-state index in [4.69, 9.17) is 11.6 Å². The largest absolute Gasteiger partial charge is 0.478 e. The first-order chi connectivity index (χ1) is 9.16. The van der Waals surface area contributed by atoms with E-state index in [9.17, 15) is 9.90 Å². The number of benzene rings is 1. The number of thiazole rings is 1. The number of pyridine rings is 1. The van der Waals surface area contributed by atoms with Crippen LogP contribution in [-0.4, -0.2) is 21.0 Å². The van der Waals surface area contributed by atoms with Crippen molar-refractivity contribution >= 4 is 39.8 Å². The van der Waals surface area contributed by atoms with Crippen molar-refractivity contribution in [1.82, 2.24) is 9.97 Å². The molecule has 19 heavy (non-hydrogen) atoms. The molecular weight excluding hydrogens is 284 g/mol. The molecular formula is C13H7ClN2O2S. The molecule has 3 rings (SSSR count). The highest BCUT2D eigenvalue weighted by molar-refractivity contribution is 7.13. The highest BCUT2D eigenvalue weighted by atomic mass is 35.5. The summed E-state index contributed by atoms with van der Waals surface area (Å²) >= 11 is 7.48. The Labute approximate surface area is 117 Å². The third-order valence-corrected chi connectivity index (χ3v) is 3.81. The van der Waals surface area contributed by atoms with E-state index < -0.39 is 5.97 Å². The van der Waals surface area contributed by atoms with Crippen LogP contribution in [0.15, 0.2) is 36.0 Å². The molecule has 2 heterocycles. The summed E-state index contributed by atoms with van der Waals surface area (Å²) < 4.78 is 0. The molecule has 0 bridgehead atoms. The molecule has 0 radical (unpaired) electrons. The van der Waals surface area contributed by atoms with Gasteiger partial charge in [-0.15, -0.1) is 11.3 Å². The molecule has 1 aromatic carbocycles. The van der Waals surface area contributed by atoms with E-state index in [0.717, 1.165) is 4.88 Å². The number of hydrogen-bond donors (Lipinski definition) is 1. The number of hydrogen-bond acceptors (Lipinski definition) is 4. The Morgan fingerprint density at radius 3 is 2.89 bits per heavy atom. The van der Waals surface area contributed by atoms with Gasteiger partial charge in [-0.3, -0.25) is 4.98 Å². The van der Waals surface area contributed by atoms with Gasteiger partial charge in [0.15, 0.2) is 0 Å². The van der Waals surface area contributed by atoms with Crippen LogP contribution >= 0.6 is 22.9 Å². The number of carboxylic acids is 1. The van der Waals surface area contributed by atoms with Crippen LogP contribution in [0.25, 0.3) is 21.5 Å². The molecule has 94 valence electrons. The van der Waals surface area contributed by atoms with Gasteiger partial charge < -0.3 is 5.11 Å². The van der Waals surface area contributed by atoms with Gasteiger partial charge in [-0.25, -0.2) is 9.78 Å². The van der Waals surface area contributed by atoms with Crippen molar-refractivity contribution in [2.45, 2.75) is 0 Å². The van der Waals surface area contributed by atoms with Gasteiger partial charge in [0.25, 0.3) is 0 Å². The number of halogens is 1. The average molecular weight is 291 g/mol. The lowest BCUT2D eigenvalue weighted by Gasteiger charge is -2.06. The smallest absolute Gasteiger partial charge is 0.336 e. The second-order valence-electron chi connectivity index (χ2n) is 3.86. The Bertz CT molecular complexity index is 772. The van der Waals surface area contributed by atoms with Gasteiger partial charge in [0.2, 0.25) is 0 Å². The van der Waals surface area contributed by atoms with E-state index in [-0.39, 0.29) is 5.56 Å². The van der Waals surface area contributed by atoms with Crippen LogP contribution in [-0.2, 0) is 0 Å². The lowest BCUT2D eigenvalue weighted by molar-refractivity contribution is 0.0699. The Morgan fingerprint density at radius 1 is 1.37 bits per heavy atom. The molecule has 1 N–H and O–H groups in total. The zero-order chi connectivity index (χ0) is 13.4. The maximum absolute atomic E-state index is 11.4. The van der Waals surface area contributed by atoms with Gasteiger partial charge in [-0.05, 0) is 18.2 Å². The maximum atomic E-state index is 11.4. The number of fused-ring (bicyclic) bond motifs is 1. The lowest BCUT2D eigenvalue weighted by atomic mass is 10.1. The molecule has 0 saturated heterocycles. The Morgan fingerprint density at radius 2 is 2.21 bits per heavy atom. The summed E-state index contributed by atoms with van der Waals surface area (Å²) in [6, 6.07) is 6.69. The molecule has 2 aromatic heterocycles. The van der Waals surface area contributed by atoms with E-state index in [0.29, 0.717) is 21.6 Å². The number of carbonyl (C=O) groups is 1. The van der Waals surface area contributed by atoms with Crippen LogP contribution in [0.2, 0.25) is 5.02 Å². The minimum Gasteiger partial charge on any atom is -0.478 e. The quantitative estimate of drug-likeness (QED) is 0.781. The maximum Gasteiger partial charge on any atom is 0.336 e. The molecule has 0 fully saturated rings. The van der Waals surface area contributed by atoms with Crippen molar-refractivity contribution in [2.24, 2.45) is 0 Å². The normalized spacial score (nSPS) is 10.8. The zero-order valence-electron chi connectivity index (χ0n) is 9.50. The molecule has 0 spiro atoms. The molecule has 3 aromatic rings. The zero-order valence-corrected chi connectivity index (χ0v) is 11.1. The van der Waals surface area contributed by atoms with Crippen LogP contribution in [0.3, 0.4) is 0 Å². The standard InChI is InChI=1S/C13H7ClN2O2S/c14-8-2-1-3-9-12(8)7(13(17)18)4-10(16-9)11-5-15-6-19-11/h1-6H,(H,17,18). The fraction of sp³-hybridized carbons (Fsp3) is 0. The molecule has 0 amide bonds. The Balaban J connectivity index is 2.38. The van der Waals surface area contributed by atoms with Crippen molar-refractivity contribution in [3.05, 3.63) is 46.6 Å². The highest BCUT2D eigenvalue weighted by Crippen LogP contribution is 2.30. The first-order valence-electron chi connectivity index (χ1n) is 5.38. The third-order valence-electron chi connectivity index (χ3n) is 2.70. The van der Waals surface area contributed by atoms with Crippen molar-refractivity contribution in [2.75, 3.05) is 0 Å². The van der Waals surface area contributed by atoms with Gasteiger partial charge in [-0.2, -0.15) is 0 Å². The van der Waals surface area contributed by atoms with Crippen molar-refractivity contribution in [3.63, 3.8) is 0 Å². The molecule has 0 aliphatic rings. The van der Waals surface area contributed by atoms with Crippen LogP contribution in [0.5, 0.6) is 0 Å². The first-order valence-corrected chi connectivity index (χ1v) is 6.64. The summed E-state index contributed by atoms with van der Waals surface area (Å²) in [5.41, 5.74) is 2.99. The predicted octanol–water partition coefficient (Wildman–Crippen LogP) is 3.71. The van der Waals surface area contributed by atoms with Gasteiger partial charge in [0.1, 0.15) is 0 Å². The van der Waals surface area contributed by atoms with Crippen LogP contribution < -0.4 is 0 Å². The van der Waals surface area contributed by atoms with E-state index in [2.05, 4.69) is 9.97 Å². The number of aromatic nitrogens is 2. The number of rotatable bonds is 2. The Hall–Kier alpha value is -1.98. The molecule has 0 saturated carbocycles. The summed E-state index contributed by atoms with van der Waals surface area (Å²) in [5, 5.41) is 10.2. The number of nitrogens with zero attached hydrogens (tertiary/aromatic N) is 2. The van der Waals surface area contributed by atoms with E-state index >= 15 is 0 Å². The van der Waals surface area contributed by atoms with Crippen LogP contribution in [0.1, 0.15) is 10.4 Å². The van der Waals surface area contributed by atoms with E-state index in [1.165, 1.54) is 17.4 Å². The summed E-state index contributed by atoms with van der Waals surface area (Å²) in [6.07, 6.45) is 1.66. The minimum atomic E-state index is -1.02. The lowest BCUT2D eigenvalue weighted by Crippen LogP contribution is -2.00. The fourth-order valence-electron chi connectivity index (χ4n) is 1.88. The number of aromatic carboxylic acids is 1. The molecule has 0 aliphatic carbocycles. The summed E-state index contributed by atoms with van der Waals surface area (Å²) in [4.78, 5) is 20.6. The molecule has 4 nitrogen and oxygen atoms in total. The SMILES string of the molecule is O=C(O)c1cc(-c2cncs2)nc2cccc(Cl)c12. The number of carboxylic acid groups (broad SMARTS) is 1. The van der Waals surface area contributed by atoms with Crippen molar-refractivity contribution in [1.29, 1.82) is 0 Å². The topological polar surface area (TPSA) is 63.1 Å². The summed E-state index contributed by atoms with van der Waals surface area (Å²) in [7, 11) is 0. The van der Waals surface area contributed by atoms with Gasteiger partial charge >= 0.3 is 5.97 Å². The van der Waals surface area contributed by atoms with Crippen LogP contribution in [0, 0.1) is 0 Å². The van der Waals surface area contributed by atoms with Crippen molar-refractivity contribution in [3.8, 4) is 10.6 Å². The van der Waals surface area contributed by atoms with E-state index in [1.54, 1.807) is 29.9 Å². The predicted molar refractivity (Wildman–Crippen MR) is 74.8 cm³/mol. The minimum absolute atomic E-state index is 0.152. The molecule has 0 unspecified atom stereocenters. The third kappa shape index (κ3) is 2.07. The Kier molecular flexibility index (Phi) is 2.93. The van der Waals surface area contributed by atoms with Crippen molar-refractivity contribution < 1.29 is 9.90 Å². The fourth-order valence-corrected chi connectivity index (χ4v) is 2.73. The average Bonchev–Trinajstić information content (AvgIpc) is 2.91. The molecule has 0 atom stereocenters. The van der Waals surface area contributed by atoms with Gasteiger partial charge in [-0.1, -0.05) is 17.7 Å². The molecule has 6 heteroatoms. The van der Waals surface area contributed by atoms with Gasteiger partial charge in [0, 0.05) is 11.6 Å². The van der Waals surface area contributed by atoms with E-state index in [1.807, 2.05) is 0 Å². The highest BCUT2D eigenvalue weighted by Gasteiger charge is 2.15. The second-order valence-corrected chi connectivity index (χ2v) is 5.15. The van der Waals surface area contributed by atoms with Crippen LogP contribution in [0.4, 0.5) is 0 Å². The summed E-state index contributed by atoms with van der Waals surface area (Å²) in [6.45, 7) is 0. The summed E-state index contributed by atoms with van der Waals surface area (Å²) in [5.74, 6) is -1.02. The van der Waals surface area contributed by atoms with Gasteiger partial charge in [0.05, 0.1) is 32.2 Å².